The van der Waals surface area contributed by atoms with Crippen LogP contribution in [0.2, 0.25) is 0 Å². The van der Waals surface area contributed by atoms with Crippen LogP contribution in [-0.2, 0) is 16.0 Å². The Labute approximate surface area is 186 Å². The minimum Gasteiger partial charge on any atom is -0.492 e. The maximum atomic E-state index is 13.1. The molecule has 3 aliphatic rings. The molecule has 0 bridgehead atoms. The van der Waals surface area contributed by atoms with E-state index in [-0.39, 0.29) is 24.3 Å². The van der Waals surface area contributed by atoms with Gasteiger partial charge in [0.05, 0.1) is 18.2 Å². The number of nitrogens with one attached hydrogen (secondary N) is 1. The third-order valence-electron chi connectivity index (χ3n) is 5.89. The summed E-state index contributed by atoms with van der Waals surface area (Å²) in [5.41, 5.74) is 2.33. The monoisotopic (exact) mass is 438 g/mol. The lowest BCUT2D eigenvalue weighted by Gasteiger charge is -2.22. The Morgan fingerprint density at radius 1 is 1.12 bits per heavy atom. The number of carbonyl (C=O) groups is 2. The van der Waals surface area contributed by atoms with Gasteiger partial charge in [0.25, 0.3) is 0 Å². The fourth-order valence-electron chi connectivity index (χ4n) is 4.38. The molecule has 5 rings (SSSR count). The Balaban J connectivity index is 1.32. The van der Waals surface area contributed by atoms with Gasteiger partial charge in [-0.1, -0.05) is 0 Å². The molecule has 0 aromatic heterocycles. The minimum absolute atomic E-state index is 0.0948. The van der Waals surface area contributed by atoms with E-state index < -0.39 is 5.92 Å². The van der Waals surface area contributed by atoms with Crippen molar-refractivity contribution < 1.29 is 28.5 Å². The number of rotatable bonds is 5. The molecule has 8 heteroatoms. The van der Waals surface area contributed by atoms with Crippen LogP contribution in [0.1, 0.15) is 25.8 Å². The molecule has 168 valence electrons. The van der Waals surface area contributed by atoms with E-state index in [0.29, 0.717) is 55.0 Å². The molecule has 8 nitrogen and oxygen atoms in total. The van der Waals surface area contributed by atoms with Gasteiger partial charge < -0.3 is 29.2 Å². The van der Waals surface area contributed by atoms with Crippen LogP contribution in [0.3, 0.4) is 0 Å². The molecular formula is C24H26N2O6. The Bertz CT molecular complexity index is 1070. The fourth-order valence-corrected chi connectivity index (χ4v) is 4.38. The van der Waals surface area contributed by atoms with Gasteiger partial charge in [0.2, 0.25) is 11.8 Å². The highest BCUT2D eigenvalue weighted by Gasteiger charge is 2.36. The first-order chi connectivity index (χ1) is 15.5. The van der Waals surface area contributed by atoms with E-state index >= 15 is 0 Å². The number of hydrogen-bond acceptors (Lipinski definition) is 6. The number of ether oxygens (including phenoxy) is 4. The van der Waals surface area contributed by atoms with Crippen molar-refractivity contribution in [3.05, 3.63) is 35.9 Å². The van der Waals surface area contributed by atoms with Gasteiger partial charge in [0.15, 0.2) is 11.5 Å². The molecule has 0 radical (unpaired) electrons. The smallest absolute Gasteiger partial charge is 0.229 e. The summed E-state index contributed by atoms with van der Waals surface area (Å²) in [6, 6.07) is 9.15. The summed E-state index contributed by atoms with van der Waals surface area (Å²) >= 11 is 0. The second kappa shape index (κ2) is 8.26. The van der Waals surface area contributed by atoms with Crippen molar-refractivity contribution in [1.29, 1.82) is 0 Å². The maximum Gasteiger partial charge on any atom is 0.229 e. The van der Waals surface area contributed by atoms with Crippen LogP contribution in [0.25, 0.3) is 0 Å². The van der Waals surface area contributed by atoms with Gasteiger partial charge in [-0.25, -0.2) is 0 Å². The first-order valence-corrected chi connectivity index (χ1v) is 11.0. The summed E-state index contributed by atoms with van der Waals surface area (Å²) in [6.45, 7) is 5.67. The van der Waals surface area contributed by atoms with Crippen molar-refractivity contribution >= 4 is 23.2 Å². The van der Waals surface area contributed by atoms with Crippen LogP contribution in [0.15, 0.2) is 30.3 Å². The Kier molecular flexibility index (Phi) is 5.28. The fraction of sp³-hybridized carbons (Fsp3) is 0.417. The summed E-state index contributed by atoms with van der Waals surface area (Å²) < 4.78 is 22.8. The molecular weight excluding hydrogens is 412 g/mol. The van der Waals surface area contributed by atoms with Gasteiger partial charge in [-0.05, 0) is 32.0 Å². The van der Waals surface area contributed by atoms with Crippen LogP contribution in [0, 0.1) is 5.92 Å². The standard InChI is InChI=1S/C24H26N2O6/c1-3-29-21-9-15-8-14(2)32-20(15)12-18(21)25-24(28)16-10-23(27)26(13-16)17-4-5-19-22(11-17)31-7-6-30-19/h4-5,9,11-12,14,16H,3,6-8,10,13H2,1-2H3,(H,25,28)/t14-,16-/m0/s1. The third kappa shape index (κ3) is 3.81. The van der Waals surface area contributed by atoms with E-state index in [1.165, 1.54) is 0 Å². The highest BCUT2D eigenvalue weighted by Crippen LogP contribution is 2.39. The zero-order valence-corrected chi connectivity index (χ0v) is 18.2. The highest BCUT2D eigenvalue weighted by molar-refractivity contribution is 6.04. The van der Waals surface area contributed by atoms with Gasteiger partial charge in [0.1, 0.15) is 30.8 Å². The average Bonchev–Trinajstić information content (AvgIpc) is 3.35. The van der Waals surface area contributed by atoms with Crippen molar-refractivity contribution in [2.75, 3.05) is 36.6 Å². The normalized spacial score (nSPS) is 21.2. The molecule has 32 heavy (non-hydrogen) atoms. The molecule has 2 atom stereocenters. The number of amides is 2. The van der Waals surface area contributed by atoms with Crippen molar-refractivity contribution in [3.63, 3.8) is 0 Å². The topological polar surface area (TPSA) is 86.3 Å². The number of fused-ring (bicyclic) bond motifs is 2. The van der Waals surface area contributed by atoms with Crippen LogP contribution >= 0.6 is 0 Å². The van der Waals surface area contributed by atoms with Gasteiger partial charge in [-0.3, -0.25) is 9.59 Å². The van der Waals surface area contributed by atoms with Crippen LogP contribution in [0.4, 0.5) is 11.4 Å². The summed E-state index contributed by atoms with van der Waals surface area (Å²) in [5.74, 6) is 1.87. The maximum absolute atomic E-state index is 13.1. The van der Waals surface area contributed by atoms with Crippen LogP contribution < -0.4 is 29.2 Å². The number of nitrogens with zero attached hydrogens (tertiary/aromatic N) is 1. The number of carbonyl (C=O) groups excluding carboxylic acids is 2. The highest BCUT2D eigenvalue weighted by atomic mass is 16.6. The Morgan fingerprint density at radius 3 is 2.75 bits per heavy atom. The number of benzene rings is 2. The minimum atomic E-state index is -0.474. The largest absolute Gasteiger partial charge is 0.492 e. The second-order valence-corrected chi connectivity index (χ2v) is 8.24. The first kappa shape index (κ1) is 20.5. The predicted molar refractivity (Wildman–Crippen MR) is 118 cm³/mol. The summed E-state index contributed by atoms with van der Waals surface area (Å²) in [5, 5.41) is 2.96. The van der Waals surface area contributed by atoms with E-state index in [2.05, 4.69) is 5.32 Å². The molecule has 0 spiro atoms. The lowest BCUT2D eigenvalue weighted by molar-refractivity contribution is -0.122. The summed E-state index contributed by atoms with van der Waals surface area (Å²) in [4.78, 5) is 27.4. The van der Waals surface area contributed by atoms with Gasteiger partial charge in [-0.2, -0.15) is 0 Å². The molecule has 2 aromatic carbocycles. The zero-order valence-electron chi connectivity index (χ0n) is 18.2. The quantitative estimate of drug-likeness (QED) is 0.772. The molecule has 1 fully saturated rings. The predicted octanol–water partition coefficient (Wildman–Crippen LogP) is 3.17. The summed E-state index contributed by atoms with van der Waals surface area (Å²) in [6.07, 6.45) is 1.05. The van der Waals surface area contributed by atoms with Gasteiger partial charge >= 0.3 is 0 Å². The average molecular weight is 438 g/mol. The van der Waals surface area contributed by atoms with Crippen molar-refractivity contribution in [3.8, 4) is 23.0 Å². The van der Waals surface area contributed by atoms with E-state index in [4.69, 9.17) is 18.9 Å². The molecule has 3 aliphatic heterocycles. The van der Waals surface area contributed by atoms with E-state index in [9.17, 15) is 9.59 Å². The molecule has 1 N–H and O–H groups in total. The van der Waals surface area contributed by atoms with Crippen LogP contribution in [-0.4, -0.2) is 44.3 Å². The number of anilines is 2. The second-order valence-electron chi connectivity index (χ2n) is 8.24. The van der Waals surface area contributed by atoms with Gasteiger partial charge in [-0.15, -0.1) is 0 Å². The zero-order chi connectivity index (χ0) is 22.2. The Hall–Kier alpha value is -3.42. The van der Waals surface area contributed by atoms with E-state index in [1.807, 2.05) is 32.0 Å². The molecule has 2 amide bonds. The molecule has 0 unspecified atom stereocenters. The van der Waals surface area contributed by atoms with Gasteiger partial charge in [0, 0.05) is 42.8 Å². The van der Waals surface area contributed by atoms with Crippen molar-refractivity contribution in [1.82, 2.24) is 0 Å². The molecule has 0 saturated carbocycles. The Morgan fingerprint density at radius 2 is 1.94 bits per heavy atom. The molecule has 2 aromatic rings. The van der Waals surface area contributed by atoms with Crippen molar-refractivity contribution in [2.24, 2.45) is 5.92 Å². The van der Waals surface area contributed by atoms with E-state index in [0.717, 1.165) is 17.7 Å². The number of hydrogen-bond donors (Lipinski definition) is 1. The van der Waals surface area contributed by atoms with Crippen molar-refractivity contribution in [2.45, 2.75) is 32.8 Å². The lowest BCUT2D eigenvalue weighted by atomic mass is 10.1. The van der Waals surface area contributed by atoms with E-state index in [1.54, 1.807) is 17.0 Å². The molecule has 3 heterocycles. The lowest BCUT2D eigenvalue weighted by Crippen LogP contribution is -2.28. The first-order valence-electron chi connectivity index (χ1n) is 11.0. The third-order valence-corrected chi connectivity index (χ3v) is 5.89. The molecule has 1 saturated heterocycles. The molecule has 0 aliphatic carbocycles. The van der Waals surface area contributed by atoms with Crippen LogP contribution in [0.5, 0.6) is 23.0 Å². The summed E-state index contributed by atoms with van der Waals surface area (Å²) in [7, 11) is 0. The SMILES string of the molecule is CCOc1cc2c(cc1NC(=O)[C@H]1CC(=O)N(c3ccc4c(c3)OCCO4)C1)O[C@@H](C)C2.